The van der Waals surface area contributed by atoms with E-state index in [-0.39, 0.29) is 0 Å². The molecule has 0 amide bonds. The van der Waals surface area contributed by atoms with Crippen molar-refractivity contribution in [1.29, 1.82) is 0 Å². The van der Waals surface area contributed by atoms with Gasteiger partial charge >= 0.3 is 0 Å². The topological polar surface area (TPSA) is 16.4 Å². The fraction of sp³-hybridized carbons (Fsp3) is 0. The van der Waals surface area contributed by atoms with E-state index in [0.717, 1.165) is 55.7 Å². The van der Waals surface area contributed by atoms with E-state index < -0.39 is 0 Å². The number of para-hydroxylation sites is 2. The maximum Gasteiger partial charge on any atom is 0.137 e. The van der Waals surface area contributed by atoms with Crippen LogP contribution in [0.1, 0.15) is 0 Å². The second-order valence-corrected chi connectivity index (χ2v) is 12.2. The van der Waals surface area contributed by atoms with Crippen molar-refractivity contribution in [3.8, 4) is 33.4 Å². The second-order valence-electron chi connectivity index (χ2n) is 12.2. The van der Waals surface area contributed by atoms with Crippen LogP contribution in [0.2, 0.25) is 0 Å². The van der Waals surface area contributed by atoms with Crippen LogP contribution in [0, 0.1) is 0 Å². The Kier molecular flexibility index (Phi) is 6.84. The number of fused-ring (bicyclic) bond motifs is 4. The fourth-order valence-corrected chi connectivity index (χ4v) is 6.93. The molecule has 1 heterocycles. The Morgan fingerprint density at radius 2 is 0.958 bits per heavy atom. The van der Waals surface area contributed by atoms with Gasteiger partial charge in [0.2, 0.25) is 0 Å². The summed E-state index contributed by atoms with van der Waals surface area (Å²) in [5.41, 5.74) is 12.1. The molecule has 0 aliphatic heterocycles. The smallest absolute Gasteiger partial charge is 0.137 e. The van der Waals surface area contributed by atoms with Gasteiger partial charge in [-0.3, -0.25) is 0 Å². The Morgan fingerprint density at radius 1 is 0.354 bits per heavy atom. The monoisotopic (exact) mass is 613 g/mol. The molecular weight excluding hydrogens is 583 g/mol. The summed E-state index contributed by atoms with van der Waals surface area (Å²) in [7, 11) is 0. The SMILES string of the molecule is c1ccc(-c2ccc(-c3ccccc3N(c3cccc(-c4ccc5ccccc5c4)c3)c3cccc4oc5ccccc5c34)cc2)cc1. The molecule has 0 bridgehead atoms. The van der Waals surface area contributed by atoms with E-state index in [9.17, 15) is 0 Å². The number of hydrogen-bond acceptors (Lipinski definition) is 2. The molecule has 8 aromatic carbocycles. The molecule has 0 fully saturated rings. The van der Waals surface area contributed by atoms with Gasteiger partial charge < -0.3 is 9.32 Å². The highest BCUT2D eigenvalue weighted by molar-refractivity contribution is 6.14. The van der Waals surface area contributed by atoms with E-state index in [4.69, 9.17) is 4.42 Å². The van der Waals surface area contributed by atoms with Gasteiger partial charge in [0, 0.05) is 16.6 Å². The maximum atomic E-state index is 6.39. The normalized spacial score (nSPS) is 11.3. The predicted octanol–water partition coefficient (Wildman–Crippen LogP) is 13.2. The Labute approximate surface area is 279 Å². The van der Waals surface area contributed by atoms with Crippen molar-refractivity contribution >= 4 is 49.8 Å². The van der Waals surface area contributed by atoms with Crippen molar-refractivity contribution < 1.29 is 4.42 Å². The minimum atomic E-state index is 0.870. The highest BCUT2D eigenvalue weighted by Crippen LogP contribution is 2.46. The molecule has 0 saturated carbocycles. The summed E-state index contributed by atoms with van der Waals surface area (Å²) in [6.07, 6.45) is 0. The minimum absolute atomic E-state index is 0.870. The summed E-state index contributed by atoms with van der Waals surface area (Å²) < 4.78 is 6.39. The lowest BCUT2D eigenvalue weighted by atomic mass is 9.97. The zero-order chi connectivity index (χ0) is 31.9. The predicted molar refractivity (Wildman–Crippen MR) is 202 cm³/mol. The lowest BCUT2D eigenvalue weighted by molar-refractivity contribution is 0.669. The van der Waals surface area contributed by atoms with E-state index in [0.29, 0.717) is 0 Å². The van der Waals surface area contributed by atoms with Gasteiger partial charge in [-0.2, -0.15) is 0 Å². The molecule has 226 valence electrons. The third-order valence-electron chi connectivity index (χ3n) is 9.26. The van der Waals surface area contributed by atoms with Gasteiger partial charge in [-0.15, -0.1) is 0 Å². The maximum absolute atomic E-state index is 6.39. The third-order valence-corrected chi connectivity index (χ3v) is 9.26. The van der Waals surface area contributed by atoms with Crippen molar-refractivity contribution in [2.75, 3.05) is 4.90 Å². The Hall–Kier alpha value is -6.38. The van der Waals surface area contributed by atoms with Gasteiger partial charge in [-0.25, -0.2) is 0 Å². The number of furan rings is 1. The molecule has 0 N–H and O–H groups in total. The average Bonchev–Trinajstić information content (AvgIpc) is 3.55. The van der Waals surface area contributed by atoms with Crippen LogP contribution in [0.25, 0.3) is 66.1 Å². The van der Waals surface area contributed by atoms with E-state index in [2.05, 4.69) is 181 Å². The van der Waals surface area contributed by atoms with Crippen LogP contribution in [0.15, 0.2) is 192 Å². The Balaban J connectivity index is 1.25. The van der Waals surface area contributed by atoms with Crippen LogP contribution in [0.5, 0.6) is 0 Å². The third kappa shape index (κ3) is 4.92. The highest BCUT2D eigenvalue weighted by Gasteiger charge is 2.22. The van der Waals surface area contributed by atoms with Crippen molar-refractivity contribution in [2.24, 2.45) is 0 Å². The van der Waals surface area contributed by atoms with E-state index in [1.807, 2.05) is 12.1 Å². The van der Waals surface area contributed by atoms with Crippen LogP contribution >= 0.6 is 0 Å². The molecule has 2 nitrogen and oxygen atoms in total. The molecule has 0 atom stereocenters. The number of benzene rings is 8. The summed E-state index contributed by atoms with van der Waals surface area (Å²) >= 11 is 0. The van der Waals surface area contributed by atoms with Gasteiger partial charge in [0.25, 0.3) is 0 Å². The Morgan fingerprint density at radius 3 is 1.85 bits per heavy atom. The van der Waals surface area contributed by atoms with Crippen molar-refractivity contribution in [2.45, 2.75) is 0 Å². The quantitative estimate of drug-likeness (QED) is 0.185. The lowest BCUT2D eigenvalue weighted by Gasteiger charge is -2.29. The number of anilines is 3. The molecule has 2 heteroatoms. The second kappa shape index (κ2) is 11.8. The molecule has 9 rings (SSSR count). The molecular formula is C46H31NO. The summed E-state index contributed by atoms with van der Waals surface area (Å²) in [6, 6.07) is 67.0. The molecule has 1 aromatic heterocycles. The van der Waals surface area contributed by atoms with Crippen LogP contribution in [0.4, 0.5) is 17.1 Å². The summed E-state index contributed by atoms with van der Waals surface area (Å²) in [4.78, 5) is 2.40. The molecule has 0 aliphatic rings. The van der Waals surface area contributed by atoms with Crippen LogP contribution in [0.3, 0.4) is 0 Å². The molecule has 0 unspecified atom stereocenters. The van der Waals surface area contributed by atoms with Gasteiger partial charge in [0.15, 0.2) is 0 Å². The Bertz CT molecular complexity index is 2560. The zero-order valence-corrected chi connectivity index (χ0v) is 26.3. The van der Waals surface area contributed by atoms with Crippen LogP contribution < -0.4 is 4.90 Å². The van der Waals surface area contributed by atoms with E-state index >= 15 is 0 Å². The first-order valence-corrected chi connectivity index (χ1v) is 16.3. The molecule has 0 saturated heterocycles. The van der Waals surface area contributed by atoms with Crippen molar-refractivity contribution in [3.05, 3.63) is 188 Å². The first-order valence-electron chi connectivity index (χ1n) is 16.3. The van der Waals surface area contributed by atoms with Gasteiger partial charge in [0.05, 0.1) is 16.8 Å². The number of nitrogens with zero attached hydrogens (tertiary/aromatic N) is 1. The van der Waals surface area contributed by atoms with Gasteiger partial charge in [-0.05, 0) is 81.1 Å². The average molecular weight is 614 g/mol. The zero-order valence-electron chi connectivity index (χ0n) is 26.3. The van der Waals surface area contributed by atoms with Crippen LogP contribution in [-0.4, -0.2) is 0 Å². The fourth-order valence-electron chi connectivity index (χ4n) is 6.93. The highest BCUT2D eigenvalue weighted by atomic mass is 16.3. The van der Waals surface area contributed by atoms with Crippen molar-refractivity contribution in [3.63, 3.8) is 0 Å². The van der Waals surface area contributed by atoms with E-state index in [1.165, 1.54) is 27.5 Å². The summed E-state index contributed by atoms with van der Waals surface area (Å²) in [6.45, 7) is 0. The van der Waals surface area contributed by atoms with Crippen molar-refractivity contribution in [1.82, 2.24) is 0 Å². The number of hydrogen-bond donors (Lipinski definition) is 0. The molecule has 0 radical (unpaired) electrons. The summed E-state index contributed by atoms with van der Waals surface area (Å²) in [5.74, 6) is 0. The molecule has 9 aromatic rings. The standard InChI is InChI=1S/C46H31NO/c1-2-12-32(13-3-1)34-24-27-35(28-25-34)40-18-6-8-20-42(40)47(43-21-11-23-45-46(43)41-19-7-9-22-44(41)48-45)39-17-10-16-37(31-39)38-29-26-33-14-4-5-15-36(33)30-38/h1-31H. The van der Waals surface area contributed by atoms with Gasteiger partial charge in [-0.1, -0.05) is 146 Å². The summed E-state index contributed by atoms with van der Waals surface area (Å²) in [5, 5.41) is 4.67. The van der Waals surface area contributed by atoms with Gasteiger partial charge in [0.1, 0.15) is 11.2 Å². The lowest BCUT2D eigenvalue weighted by Crippen LogP contribution is -2.11. The molecule has 0 spiro atoms. The molecule has 48 heavy (non-hydrogen) atoms. The molecule has 0 aliphatic carbocycles. The van der Waals surface area contributed by atoms with Crippen LogP contribution in [-0.2, 0) is 0 Å². The first kappa shape index (κ1) is 27.9. The first-order chi connectivity index (χ1) is 23.8. The van der Waals surface area contributed by atoms with E-state index in [1.54, 1.807) is 0 Å². The largest absolute Gasteiger partial charge is 0.456 e. The minimum Gasteiger partial charge on any atom is -0.456 e. The number of rotatable bonds is 6.